The molecule has 0 aromatic heterocycles. The van der Waals surface area contributed by atoms with Crippen molar-refractivity contribution in [3.63, 3.8) is 0 Å². The fraction of sp³-hybridized carbons (Fsp3) is 0.417. The van der Waals surface area contributed by atoms with Crippen LogP contribution in [-0.2, 0) is 0 Å². The Morgan fingerprint density at radius 1 is 1.40 bits per heavy atom. The van der Waals surface area contributed by atoms with E-state index in [1.165, 1.54) is 6.92 Å². The first kappa shape index (κ1) is 11.6. The first-order chi connectivity index (χ1) is 7.19. The average molecular weight is 208 g/mol. The Kier molecular flexibility index (Phi) is 4.16. The summed E-state index contributed by atoms with van der Waals surface area (Å²) in [7, 11) is 1.55. The first-order valence-electron chi connectivity index (χ1n) is 5.00. The van der Waals surface area contributed by atoms with E-state index in [1.54, 1.807) is 25.3 Å². The maximum atomic E-state index is 11.2. The Labute approximate surface area is 90.0 Å². The highest BCUT2D eigenvalue weighted by Crippen LogP contribution is 2.25. The van der Waals surface area contributed by atoms with Crippen molar-refractivity contribution in [2.75, 3.05) is 13.7 Å². The Morgan fingerprint density at radius 3 is 2.67 bits per heavy atom. The number of carbonyl (C=O) groups excluding carboxylic acids is 1. The number of carbonyl (C=O) groups is 1. The van der Waals surface area contributed by atoms with Gasteiger partial charge in [0.2, 0.25) is 0 Å². The molecule has 0 aliphatic carbocycles. The Balaban J connectivity index is 2.92. The minimum absolute atomic E-state index is 0.00566. The highest BCUT2D eigenvalue weighted by molar-refractivity contribution is 5.97. The molecule has 0 saturated carbocycles. The molecule has 0 heterocycles. The van der Waals surface area contributed by atoms with Gasteiger partial charge < -0.3 is 9.47 Å². The van der Waals surface area contributed by atoms with Crippen LogP contribution in [0.3, 0.4) is 0 Å². The monoisotopic (exact) mass is 208 g/mol. The summed E-state index contributed by atoms with van der Waals surface area (Å²) < 4.78 is 10.6. The number of hydrogen-bond donors (Lipinski definition) is 0. The van der Waals surface area contributed by atoms with E-state index in [2.05, 4.69) is 0 Å². The second kappa shape index (κ2) is 5.39. The number of hydrogen-bond acceptors (Lipinski definition) is 3. The average Bonchev–Trinajstić information content (AvgIpc) is 2.25. The van der Waals surface area contributed by atoms with Gasteiger partial charge in [0, 0.05) is 6.07 Å². The highest BCUT2D eigenvalue weighted by atomic mass is 16.5. The van der Waals surface area contributed by atoms with Crippen molar-refractivity contribution >= 4 is 5.78 Å². The van der Waals surface area contributed by atoms with Gasteiger partial charge in [0.05, 0.1) is 19.3 Å². The van der Waals surface area contributed by atoms with Gasteiger partial charge in [-0.3, -0.25) is 4.79 Å². The summed E-state index contributed by atoms with van der Waals surface area (Å²) in [6.45, 7) is 4.23. The number of ketones is 1. The van der Waals surface area contributed by atoms with E-state index in [9.17, 15) is 4.79 Å². The van der Waals surface area contributed by atoms with Gasteiger partial charge in [-0.05, 0) is 25.5 Å². The number of rotatable bonds is 5. The minimum atomic E-state index is -0.00566. The molecule has 15 heavy (non-hydrogen) atoms. The maximum absolute atomic E-state index is 11.2. The van der Waals surface area contributed by atoms with Crippen LogP contribution in [0.4, 0.5) is 0 Å². The number of ether oxygens (including phenoxy) is 2. The zero-order valence-corrected chi connectivity index (χ0v) is 9.37. The van der Waals surface area contributed by atoms with Crippen molar-refractivity contribution in [1.29, 1.82) is 0 Å². The molecule has 3 nitrogen and oxygen atoms in total. The molecule has 0 saturated heterocycles. The zero-order valence-electron chi connectivity index (χ0n) is 9.37. The fourth-order valence-corrected chi connectivity index (χ4v) is 1.27. The molecule has 1 aromatic rings. The molecule has 0 amide bonds. The van der Waals surface area contributed by atoms with Crippen molar-refractivity contribution in [1.82, 2.24) is 0 Å². The van der Waals surface area contributed by atoms with E-state index in [0.29, 0.717) is 17.9 Å². The molecular weight excluding hydrogens is 192 g/mol. The van der Waals surface area contributed by atoms with E-state index in [-0.39, 0.29) is 5.78 Å². The summed E-state index contributed by atoms with van der Waals surface area (Å²) in [5.41, 5.74) is 0.585. The third-order valence-corrected chi connectivity index (χ3v) is 2.03. The summed E-state index contributed by atoms with van der Waals surface area (Å²) in [6, 6.07) is 5.26. The van der Waals surface area contributed by atoms with E-state index in [1.807, 2.05) is 6.92 Å². The molecule has 1 rings (SSSR count). The molecule has 1 aromatic carbocycles. The maximum Gasteiger partial charge on any atom is 0.163 e. The lowest BCUT2D eigenvalue weighted by Gasteiger charge is -2.09. The number of methoxy groups -OCH3 is 1. The summed E-state index contributed by atoms with van der Waals surface area (Å²) in [4.78, 5) is 11.2. The predicted octanol–water partition coefficient (Wildman–Crippen LogP) is 2.69. The van der Waals surface area contributed by atoms with Crippen molar-refractivity contribution in [2.24, 2.45) is 0 Å². The Bertz CT molecular complexity index is 345. The largest absolute Gasteiger partial charge is 0.496 e. The Morgan fingerprint density at radius 2 is 2.13 bits per heavy atom. The van der Waals surface area contributed by atoms with Crippen LogP contribution in [-0.4, -0.2) is 19.5 Å². The normalized spacial score (nSPS) is 9.80. The molecule has 0 fully saturated rings. The first-order valence-corrected chi connectivity index (χ1v) is 5.00. The lowest BCUT2D eigenvalue weighted by molar-refractivity contribution is 0.101. The molecule has 0 atom stereocenters. The van der Waals surface area contributed by atoms with Gasteiger partial charge in [-0.25, -0.2) is 0 Å². The van der Waals surface area contributed by atoms with Gasteiger partial charge in [-0.15, -0.1) is 0 Å². The summed E-state index contributed by atoms with van der Waals surface area (Å²) in [6.07, 6.45) is 0.955. The molecule has 0 aliphatic heterocycles. The Hall–Kier alpha value is -1.51. The predicted molar refractivity (Wildman–Crippen MR) is 58.8 cm³/mol. The van der Waals surface area contributed by atoms with Crippen LogP contribution in [0.15, 0.2) is 18.2 Å². The zero-order chi connectivity index (χ0) is 11.3. The number of benzene rings is 1. The molecule has 0 spiro atoms. The van der Waals surface area contributed by atoms with Crippen molar-refractivity contribution in [3.8, 4) is 11.5 Å². The van der Waals surface area contributed by atoms with E-state index >= 15 is 0 Å². The SMILES string of the molecule is CCCOc1ccc(C(C)=O)c(OC)c1. The van der Waals surface area contributed by atoms with Gasteiger partial charge in [0.25, 0.3) is 0 Å². The van der Waals surface area contributed by atoms with E-state index in [0.717, 1.165) is 12.2 Å². The van der Waals surface area contributed by atoms with Crippen LogP contribution in [0.25, 0.3) is 0 Å². The molecular formula is C12H16O3. The van der Waals surface area contributed by atoms with Crippen molar-refractivity contribution < 1.29 is 14.3 Å². The van der Waals surface area contributed by atoms with Crippen molar-refractivity contribution in [3.05, 3.63) is 23.8 Å². The van der Waals surface area contributed by atoms with Gasteiger partial charge >= 0.3 is 0 Å². The van der Waals surface area contributed by atoms with E-state index < -0.39 is 0 Å². The molecule has 0 unspecified atom stereocenters. The van der Waals surface area contributed by atoms with Gasteiger partial charge in [-0.2, -0.15) is 0 Å². The van der Waals surface area contributed by atoms with Crippen LogP contribution in [0.2, 0.25) is 0 Å². The van der Waals surface area contributed by atoms with Crippen LogP contribution in [0, 0.1) is 0 Å². The van der Waals surface area contributed by atoms with Gasteiger partial charge in [-0.1, -0.05) is 6.92 Å². The van der Waals surface area contributed by atoms with Crippen LogP contribution < -0.4 is 9.47 Å². The standard InChI is InChI=1S/C12H16O3/c1-4-7-15-10-5-6-11(9(2)13)12(8-10)14-3/h5-6,8H,4,7H2,1-3H3. The second-order valence-electron chi connectivity index (χ2n) is 3.27. The van der Waals surface area contributed by atoms with Crippen LogP contribution >= 0.6 is 0 Å². The van der Waals surface area contributed by atoms with Gasteiger partial charge in [0.15, 0.2) is 5.78 Å². The topological polar surface area (TPSA) is 35.5 Å². The van der Waals surface area contributed by atoms with Crippen LogP contribution in [0.1, 0.15) is 30.6 Å². The molecule has 0 bridgehead atoms. The smallest absolute Gasteiger partial charge is 0.163 e. The third-order valence-electron chi connectivity index (χ3n) is 2.03. The van der Waals surface area contributed by atoms with Crippen molar-refractivity contribution in [2.45, 2.75) is 20.3 Å². The highest BCUT2D eigenvalue weighted by Gasteiger charge is 2.08. The third kappa shape index (κ3) is 2.98. The summed E-state index contributed by atoms with van der Waals surface area (Å²) >= 11 is 0. The lowest BCUT2D eigenvalue weighted by atomic mass is 10.1. The molecule has 0 aliphatic rings. The molecule has 0 N–H and O–H groups in total. The summed E-state index contributed by atoms with van der Waals surface area (Å²) in [5.74, 6) is 1.30. The summed E-state index contributed by atoms with van der Waals surface area (Å²) in [5, 5.41) is 0. The second-order valence-corrected chi connectivity index (χ2v) is 3.27. The fourth-order valence-electron chi connectivity index (χ4n) is 1.27. The van der Waals surface area contributed by atoms with Crippen LogP contribution in [0.5, 0.6) is 11.5 Å². The quantitative estimate of drug-likeness (QED) is 0.698. The molecule has 0 radical (unpaired) electrons. The number of Topliss-reactive ketones (excluding diaryl/α,β-unsaturated/α-hetero) is 1. The molecule has 82 valence electrons. The van der Waals surface area contributed by atoms with Gasteiger partial charge in [0.1, 0.15) is 11.5 Å². The molecule has 3 heteroatoms. The van der Waals surface area contributed by atoms with E-state index in [4.69, 9.17) is 9.47 Å². The lowest BCUT2D eigenvalue weighted by Crippen LogP contribution is -2.00. The minimum Gasteiger partial charge on any atom is -0.496 e.